The van der Waals surface area contributed by atoms with Gasteiger partial charge >= 0.3 is 0 Å². The van der Waals surface area contributed by atoms with Gasteiger partial charge in [0, 0.05) is 31.5 Å². The predicted octanol–water partition coefficient (Wildman–Crippen LogP) is 3.09. The molecule has 7 heteroatoms. The SMILES string of the molecule is N#Cc1ccc2n1-c1ccccc1OC21CCN(C(=O)c2ccc(C3(O)COC3)cc2)CC1. The molecular formula is C26H23N3O4. The zero-order valence-corrected chi connectivity index (χ0v) is 18.0. The average Bonchev–Trinajstić information content (AvgIpc) is 3.28. The number of amides is 1. The summed E-state index contributed by atoms with van der Waals surface area (Å²) in [4.78, 5) is 15.0. The van der Waals surface area contributed by atoms with Gasteiger partial charge in [-0.3, -0.25) is 9.36 Å². The third kappa shape index (κ3) is 2.99. The molecule has 0 aliphatic carbocycles. The minimum Gasteiger partial charge on any atom is -0.479 e. The molecule has 1 N–H and O–H groups in total. The molecule has 7 nitrogen and oxygen atoms in total. The molecule has 3 aromatic rings. The van der Waals surface area contributed by atoms with E-state index in [1.165, 1.54) is 0 Å². The number of carbonyl (C=O) groups excluding carboxylic acids is 1. The van der Waals surface area contributed by atoms with Crippen LogP contribution in [0.15, 0.2) is 60.7 Å². The summed E-state index contributed by atoms with van der Waals surface area (Å²) in [6, 6.07) is 21.0. The summed E-state index contributed by atoms with van der Waals surface area (Å²) in [7, 11) is 0. The Morgan fingerprint density at radius 1 is 1.00 bits per heavy atom. The fourth-order valence-corrected chi connectivity index (χ4v) is 5.13. The van der Waals surface area contributed by atoms with Crippen molar-refractivity contribution in [1.29, 1.82) is 5.26 Å². The fourth-order valence-electron chi connectivity index (χ4n) is 5.13. The van der Waals surface area contributed by atoms with Crippen LogP contribution in [0.25, 0.3) is 5.69 Å². The van der Waals surface area contributed by atoms with Crippen LogP contribution in [0.1, 0.15) is 40.2 Å². The van der Waals surface area contributed by atoms with E-state index in [4.69, 9.17) is 9.47 Å². The van der Waals surface area contributed by atoms with Gasteiger partial charge in [0.25, 0.3) is 5.91 Å². The first-order valence-electron chi connectivity index (χ1n) is 11.1. The number of carbonyl (C=O) groups is 1. The molecule has 2 saturated heterocycles. The molecule has 4 heterocycles. The molecule has 1 amide bonds. The Balaban J connectivity index is 1.23. The number of nitrogens with zero attached hydrogens (tertiary/aromatic N) is 3. The summed E-state index contributed by atoms with van der Waals surface area (Å²) in [6.07, 6.45) is 1.27. The molecule has 166 valence electrons. The van der Waals surface area contributed by atoms with Gasteiger partial charge in [-0.1, -0.05) is 24.3 Å². The van der Waals surface area contributed by atoms with E-state index in [1.807, 2.05) is 45.9 Å². The lowest BCUT2D eigenvalue weighted by Crippen LogP contribution is -2.50. The number of piperidine rings is 1. The molecule has 1 aromatic heterocycles. The van der Waals surface area contributed by atoms with Gasteiger partial charge in [0.05, 0.1) is 24.6 Å². The number of hydrogen-bond acceptors (Lipinski definition) is 5. The van der Waals surface area contributed by atoms with Gasteiger partial charge in [0.1, 0.15) is 23.1 Å². The van der Waals surface area contributed by atoms with E-state index in [2.05, 4.69) is 6.07 Å². The van der Waals surface area contributed by atoms with Crippen molar-refractivity contribution < 1.29 is 19.4 Å². The van der Waals surface area contributed by atoms with Crippen LogP contribution in [0.2, 0.25) is 0 Å². The van der Waals surface area contributed by atoms with Crippen LogP contribution in [0, 0.1) is 11.3 Å². The fraction of sp³-hybridized carbons (Fsp3) is 0.308. The predicted molar refractivity (Wildman–Crippen MR) is 119 cm³/mol. The molecule has 0 radical (unpaired) electrons. The molecule has 33 heavy (non-hydrogen) atoms. The number of para-hydroxylation sites is 2. The number of fused-ring (bicyclic) bond motifs is 4. The van der Waals surface area contributed by atoms with Crippen molar-refractivity contribution in [1.82, 2.24) is 9.47 Å². The maximum Gasteiger partial charge on any atom is 0.253 e. The second kappa shape index (κ2) is 7.20. The van der Waals surface area contributed by atoms with Gasteiger partial charge in [-0.05, 0) is 42.0 Å². The first-order valence-corrected chi connectivity index (χ1v) is 11.1. The summed E-state index contributed by atoms with van der Waals surface area (Å²) in [5.74, 6) is 0.725. The van der Waals surface area contributed by atoms with E-state index in [-0.39, 0.29) is 19.1 Å². The number of aromatic nitrogens is 1. The lowest BCUT2D eigenvalue weighted by atomic mass is 9.86. The molecule has 3 aliphatic rings. The van der Waals surface area contributed by atoms with Crippen molar-refractivity contribution in [2.75, 3.05) is 26.3 Å². The Morgan fingerprint density at radius 3 is 2.39 bits per heavy atom. The van der Waals surface area contributed by atoms with Crippen molar-refractivity contribution in [3.63, 3.8) is 0 Å². The van der Waals surface area contributed by atoms with Crippen molar-refractivity contribution in [2.45, 2.75) is 24.0 Å². The van der Waals surface area contributed by atoms with Gasteiger partial charge in [0.2, 0.25) is 0 Å². The van der Waals surface area contributed by atoms with Crippen LogP contribution in [-0.4, -0.2) is 46.8 Å². The summed E-state index contributed by atoms with van der Waals surface area (Å²) >= 11 is 0. The Bertz CT molecular complexity index is 1280. The molecule has 0 bridgehead atoms. The maximum atomic E-state index is 13.2. The van der Waals surface area contributed by atoms with Crippen molar-refractivity contribution >= 4 is 5.91 Å². The van der Waals surface area contributed by atoms with Crippen molar-refractivity contribution in [2.24, 2.45) is 0 Å². The van der Waals surface area contributed by atoms with E-state index < -0.39 is 11.2 Å². The minimum atomic E-state index is -0.940. The first-order chi connectivity index (χ1) is 16.0. The van der Waals surface area contributed by atoms with Gasteiger partial charge in [-0.15, -0.1) is 0 Å². The van der Waals surface area contributed by atoms with Crippen LogP contribution in [-0.2, 0) is 15.9 Å². The molecule has 0 saturated carbocycles. The normalized spacial score (nSPS) is 19.6. The molecule has 3 aliphatic heterocycles. The second-order valence-electron chi connectivity index (χ2n) is 9.01. The van der Waals surface area contributed by atoms with Crippen LogP contribution in [0.5, 0.6) is 5.75 Å². The van der Waals surface area contributed by atoms with E-state index in [1.54, 1.807) is 24.3 Å². The highest BCUT2D eigenvalue weighted by Crippen LogP contribution is 2.46. The van der Waals surface area contributed by atoms with Gasteiger partial charge in [0.15, 0.2) is 5.60 Å². The Morgan fingerprint density at radius 2 is 1.73 bits per heavy atom. The zero-order valence-electron chi connectivity index (χ0n) is 18.0. The number of nitriles is 1. The quantitative estimate of drug-likeness (QED) is 0.660. The van der Waals surface area contributed by atoms with Crippen LogP contribution < -0.4 is 4.74 Å². The van der Waals surface area contributed by atoms with E-state index in [9.17, 15) is 15.2 Å². The minimum absolute atomic E-state index is 0.0300. The number of hydrogen-bond donors (Lipinski definition) is 1. The lowest BCUT2D eigenvalue weighted by molar-refractivity contribution is -0.184. The molecular weight excluding hydrogens is 418 g/mol. The third-order valence-electron chi connectivity index (χ3n) is 7.08. The molecule has 0 atom stereocenters. The van der Waals surface area contributed by atoms with Crippen LogP contribution in [0.3, 0.4) is 0 Å². The topological polar surface area (TPSA) is 87.7 Å². The average molecular weight is 441 g/mol. The van der Waals surface area contributed by atoms with Gasteiger partial charge < -0.3 is 19.5 Å². The van der Waals surface area contributed by atoms with Crippen molar-refractivity contribution in [3.8, 4) is 17.5 Å². The van der Waals surface area contributed by atoms with E-state index in [0.717, 1.165) is 22.7 Å². The van der Waals surface area contributed by atoms with Gasteiger partial charge in [-0.2, -0.15) is 5.26 Å². The number of aliphatic hydroxyl groups is 1. The molecule has 2 aromatic carbocycles. The highest BCUT2D eigenvalue weighted by Gasteiger charge is 2.45. The number of ether oxygens (including phenoxy) is 2. The van der Waals surface area contributed by atoms with Crippen LogP contribution in [0.4, 0.5) is 0 Å². The van der Waals surface area contributed by atoms with Crippen molar-refractivity contribution in [3.05, 3.63) is 83.2 Å². The van der Waals surface area contributed by atoms with Crippen LogP contribution >= 0.6 is 0 Å². The Hall–Kier alpha value is -3.60. The molecule has 0 unspecified atom stereocenters. The van der Waals surface area contributed by atoms with E-state index >= 15 is 0 Å². The third-order valence-corrected chi connectivity index (χ3v) is 7.08. The Kier molecular flexibility index (Phi) is 4.37. The maximum absolute atomic E-state index is 13.2. The highest BCUT2D eigenvalue weighted by atomic mass is 16.5. The number of benzene rings is 2. The molecule has 2 fully saturated rings. The second-order valence-corrected chi connectivity index (χ2v) is 9.01. The smallest absolute Gasteiger partial charge is 0.253 e. The number of rotatable bonds is 2. The summed E-state index contributed by atoms with van der Waals surface area (Å²) in [5, 5.41) is 20.1. The molecule has 1 spiro atoms. The lowest BCUT2D eigenvalue weighted by Gasteiger charge is -2.45. The first kappa shape index (κ1) is 20.0. The van der Waals surface area contributed by atoms with Gasteiger partial charge in [-0.25, -0.2) is 0 Å². The standard InChI is InChI=1S/C26H23N3O4/c27-15-20-9-10-23-26(33-22-4-2-1-3-21(22)29(20)23)11-13-28(14-12-26)24(30)18-5-7-19(8-6-18)25(31)16-32-17-25/h1-10,31H,11-14,16-17H2. The monoisotopic (exact) mass is 441 g/mol. The Labute approximate surface area is 191 Å². The largest absolute Gasteiger partial charge is 0.479 e. The number of likely N-dealkylation sites (tertiary alicyclic amines) is 1. The summed E-state index contributed by atoms with van der Waals surface area (Å²) in [6.45, 7) is 1.67. The van der Waals surface area contributed by atoms with E-state index in [0.29, 0.717) is 37.2 Å². The highest BCUT2D eigenvalue weighted by molar-refractivity contribution is 5.94. The summed E-state index contributed by atoms with van der Waals surface area (Å²) < 4.78 is 13.7. The molecule has 6 rings (SSSR count). The zero-order chi connectivity index (χ0) is 22.6. The summed E-state index contributed by atoms with van der Waals surface area (Å²) in [5.41, 5.74) is 2.27.